The lowest BCUT2D eigenvalue weighted by Crippen LogP contribution is -2.25. The maximum absolute atomic E-state index is 13.0. The second-order valence-electron chi connectivity index (χ2n) is 4.26. The van der Waals surface area contributed by atoms with Crippen molar-refractivity contribution in [3.8, 4) is 11.3 Å². The third-order valence-corrected chi connectivity index (χ3v) is 2.79. The van der Waals surface area contributed by atoms with Gasteiger partial charge in [0.25, 0.3) is 5.91 Å². The lowest BCUT2D eigenvalue weighted by molar-refractivity contribution is 0.0955. The average molecular weight is 274 g/mol. The van der Waals surface area contributed by atoms with Crippen molar-refractivity contribution in [2.24, 2.45) is 0 Å². The third-order valence-electron chi connectivity index (χ3n) is 2.79. The average Bonchev–Trinajstić information content (AvgIpc) is 2.38. The predicted octanol–water partition coefficient (Wildman–Crippen LogP) is 1.92. The molecule has 0 fully saturated rings. The van der Waals surface area contributed by atoms with Gasteiger partial charge in [0.15, 0.2) is 0 Å². The van der Waals surface area contributed by atoms with Gasteiger partial charge >= 0.3 is 0 Å². The fraction of sp³-hybridized carbons (Fsp3) is 0.214. The SMILES string of the molecule is CCNC(=O)c1c(C)nc(N)nc1-c1ccc(F)cc1. The van der Waals surface area contributed by atoms with Gasteiger partial charge in [-0.2, -0.15) is 0 Å². The van der Waals surface area contributed by atoms with E-state index >= 15 is 0 Å². The minimum absolute atomic E-state index is 0.0786. The molecule has 1 aromatic heterocycles. The first kappa shape index (κ1) is 13.9. The molecular formula is C14H15FN4O. The molecule has 0 unspecified atom stereocenters. The summed E-state index contributed by atoms with van der Waals surface area (Å²) in [7, 11) is 0. The summed E-state index contributed by atoms with van der Waals surface area (Å²) in [4.78, 5) is 20.3. The van der Waals surface area contributed by atoms with Crippen molar-refractivity contribution in [1.82, 2.24) is 15.3 Å². The van der Waals surface area contributed by atoms with Gasteiger partial charge in [0, 0.05) is 12.1 Å². The van der Waals surface area contributed by atoms with Crippen LogP contribution in [0.25, 0.3) is 11.3 Å². The van der Waals surface area contributed by atoms with Gasteiger partial charge in [0.1, 0.15) is 5.82 Å². The molecule has 0 atom stereocenters. The van der Waals surface area contributed by atoms with Crippen molar-refractivity contribution in [3.63, 3.8) is 0 Å². The Labute approximate surface area is 116 Å². The molecule has 3 N–H and O–H groups in total. The molecule has 5 nitrogen and oxygen atoms in total. The highest BCUT2D eigenvalue weighted by atomic mass is 19.1. The molecule has 0 saturated carbocycles. The lowest BCUT2D eigenvalue weighted by Gasteiger charge is -2.11. The highest BCUT2D eigenvalue weighted by Crippen LogP contribution is 2.24. The van der Waals surface area contributed by atoms with Crippen LogP contribution in [0.5, 0.6) is 0 Å². The molecule has 1 heterocycles. The molecule has 0 bridgehead atoms. The summed E-state index contributed by atoms with van der Waals surface area (Å²) in [6, 6.07) is 5.73. The molecule has 1 amide bonds. The Morgan fingerprint density at radius 1 is 1.30 bits per heavy atom. The zero-order valence-electron chi connectivity index (χ0n) is 11.3. The number of aromatic nitrogens is 2. The van der Waals surface area contributed by atoms with Gasteiger partial charge in [-0.3, -0.25) is 4.79 Å². The standard InChI is InChI=1S/C14H15FN4O/c1-3-17-13(20)11-8(2)18-14(16)19-12(11)9-4-6-10(15)7-5-9/h4-7H,3H2,1-2H3,(H,17,20)(H2,16,18,19). The van der Waals surface area contributed by atoms with E-state index in [4.69, 9.17) is 5.73 Å². The Balaban J connectivity index is 2.61. The summed E-state index contributed by atoms with van der Waals surface area (Å²) in [5, 5.41) is 2.71. The molecule has 20 heavy (non-hydrogen) atoms. The Morgan fingerprint density at radius 3 is 2.55 bits per heavy atom. The van der Waals surface area contributed by atoms with Crippen LogP contribution in [-0.2, 0) is 0 Å². The van der Waals surface area contributed by atoms with Crippen LogP contribution < -0.4 is 11.1 Å². The molecular weight excluding hydrogens is 259 g/mol. The predicted molar refractivity (Wildman–Crippen MR) is 74.6 cm³/mol. The summed E-state index contributed by atoms with van der Waals surface area (Å²) in [5.41, 5.74) is 7.50. The summed E-state index contributed by atoms with van der Waals surface area (Å²) in [6.07, 6.45) is 0. The number of amides is 1. The van der Waals surface area contributed by atoms with E-state index < -0.39 is 0 Å². The van der Waals surface area contributed by atoms with Crippen LogP contribution in [0, 0.1) is 12.7 Å². The van der Waals surface area contributed by atoms with Crippen LogP contribution in [0.1, 0.15) is 23.0 Å². The number of carbonyl (C=O) groups is 1. The van der Waals surface area contributed by atoms with E-state index in [1.165, 1.54) is 12.1 Å². The number of halogens is 1. The molecule has 104 valence electrons. The van der Waals surface area contributed by atoms with Crippen molar-refractivity contribution in [2.75, 3.05) is 12.3 Å². The minimum Gasteiger partial charge on any atom is -0.368 e. The molecule has 0 spiro atoms. The summed E-state index contributed by atoms with van der Waals surface area (Å²) >= 11 is 0. The van der Waals surface area contributed by atoms with E-state index in [-0.39, 0.29) is 17.7 Å². The lowest BCUT2D eigenvalue weighted by atomic mass is 10.0. The van der Waals surface area contributed by atoms with Gasteiger partial charge in [-0.15, -0.1) is 0 Å². The molecule has 0 aliphatic heterocycles. The zero-order chi connectivity index (χ0) is 14.7. The van der Waals surface area contributed by atoms with E-state index in [0.717, 1.165) is 0 Å². The van der Waals surface area contributed by atoms with E-state index in [0.29, 0.717) is 29.1 Å². The summed E-state index contributed by atoms with van der Waals surface area (Å²) < 4.78 is 13.0. The highest BCUT2D eigenvalue weighted by Gasteiger charge is 2.18. The van der Waals surface area contributed by atoms with Crippen molar-refractivity contribution < 1.29 is 9.18 Å². The number of nitrogen functional groups attached to an aromatic ring is 1. The zero-order valence-corrected chi connectivity index (χ0v) is 11.3. The van der Waals surface area contributed by atoms with Gasteiger partial charge < -0.3 is 11.1 Å². The minimum atomic E-state index is -0.355. The van der Waals surface area contributed by atoms with Gasteiger partial charge in [0.05, 0.1) is 17.0 Å². The van der Waals surface area contributed by atoms with Crippen molar-refractivity contribution in [2.45, 2.75) is 13.8 Å². The fourth-order valence-electron chi connectivity index (χ4n) is 1.93. The molecule has 0 aliphatic carbocycles. The number of benzene rings is 1. The number of hydrogen-bond acceptors (Lipinski definition) is 4. The molecule has 1 aromatic carbocycles. The largest absolute Gasteiger partial charge is 0.368 e. The number of nitrogens with one attached hydrogen (secondary N) is 1. The van der Waals surface area contributed by atoms with Crippen molar-refractivity contribution in [3.05, 3.63) is 41.3 Å². The second kappa shape index (κ2) is 5.64. The van der Waals surface area contributed by atoms with Crippen molar-refractivity contribution >= 4 is 11.9 Å². The Kier molecular flexibility index (Phi) is 3.93. The molecule has 6 heteroatoms. The Bertz CT molecular complexity index is 640. The highest BCUT2D eigenvalue weighted by molar-refractivity contribution is 6.01. The number of nitrogens with zero attached hydrogens (tertiary/aromatic N) is 2. The van der Waals surface area contributed by atoms with E-state index in [1.54, 1.807) is 19.1 Å². The number of carbonyl (C=O) groups excluding carboxylic acids is 1. The maximum atomic E-state index is 13.0. The van der Waals surface area contributed by atoms with Crippen LogP contribution in [0.3, 0.4) is 0 Å². The first-order valence-electron chi connectivity index (χ1n) is 6.21. The Hall–Kier alpha value is -2.50. The maximum Gasteiger partial charge on any atom is 0.255 e. The van der Waals surface area contributed by atoms with Crippen LogP contribution in [-0.4, -0.2) is 22.4 Å². The third kappa shape index (κ3) is 2.74. The summed E-state index contributed by atoms with van der Waals surface area (Å²) in [5.74, 6) is -0.550. The van der Waals surface area contributed by atoms with Gasteiger partial charge in [0.2, 0.25) is 5.95 Å². The second-order valence-corrected chi connectivity index (χ2v) is 4.26. The molecule has 0 radical (unpaired) electrons. The van der Waals surface area contributed by atoms with Crippen LogP contribution >= 0.6 is 0 Å². The van der Waals surface area contributed by atoms with E-state index in [2.05, 4.69) is 15.3 Å². The van der Waals surface area contributed by atoms with Crippen LogP contribution in [0.4, 0.5) is 10.3 Å². The number of nitrogens with two attached hydrogens (primary N) is 1. The first-order valence-corrected chi connectivity index (χ1v) is 6.21. The first-order chi connectivity index (χ1) is 9.52. The summed E-state index contributed by atoms with van der Waals surface area (Å²) in [6.45, 7) is 4.00. The quantitative estimate of drug-likeness (QED) is 0.896. The number of aryl methyl sites for hydroxylation is 1. The molecule has 2 rings (SSSR count). The number of hydrogen-bond donors (Lipinski definition) is 2. The molecule has 2 aromatic rings. The van der Waals surface area contributed by atoms with Crippen LogP contribution in [0.2, 0.25) is 0 Å². The molecule has 0 saturated heterocycles. The van der Waals surface area contributed by atoms with E-state index in [9.17, 15) is 9.18 Å². The molecule has 0 aliphatic rings. The fourth-order valence-corrected chi connectivity index (χ4v) is 1.93. The van der Waals surface area contributed by atoms with Gasteiger partial charge in [-0.05, 0) is 38.1 Å². The topological polar surface area (TPSA) is 80.9 Å². The van der Waals surface area contributed by atoms with E-state index in [1.807, 2.05) is 6.92 Å². The monoisotopic (exact) mass is 274 g/mol. The number of rotatable bonds is 3. The van der Waals surface area contributed by atoms with Crippen molar-refractivity contribution in [1.29, 1.82) is 0 Å². The van der Waals surface area contributed by atoms with Crippen LogP contribution in [0.15, 0.2) is 24.3 Å². The number of anilines is 1. The normalized spacial score (nSPS) is 10.3. The van der Waals surface area contributed by atoms with Gasteiger partial charge in [-0.25, -0.2) is 14.4 Å². The smallest absolute Gasteiger partial charge is 0.255 e. The van der Waals surface area contributed by atoms with Gasteiger partial charge in [-0.1, -0.05) is 0 Å². The Morgan fingerprint density at radius 2 is 1.95 bits per heavy atom.